The highest BCUT2D eigenvalue weighted by molar-refractivity contribution is 6.22. The molecule has 4 heterocycles. The number of nitrogens with zero attached hydrogens (tertiary/aromatic N) is 5. The van der Waals surface area contributed by atoms with Gasteiger partial charge in [0.25, 0.3) is 0 Å². The number of furan rings is 1. The Morgan fingerprint density at radius 1 is 0.338 bits per heavy atom. The summed E-state index contributed by atoms with van der Waals surface area (Å²) >= 11 is 0. The number of hydrogen-bond acceptors (Lipinski definition) is 4. The zero-order chi connectivity index (χ0) is 42.6. The van der Waals surface area contributed by atoms with E-state index in [0.717, 1.165) is 98.7 Å². The quantitative estimate of drug-likeness (QED) is 0.173. The Kier molecular flexibility index (Phi) is 7.59. The van der Waals surface area contributed by atoms with Gasteiger partial charge in [0, 0.05) is 37.9 Å². The first-order valence-corrected chi connectivity index (χ1v) is 21.9. The molecule has 0 spiro atoms. The van der Waals surface area contributed by atoms with E-state index in [1.807, 2.05) is 6.07 Å². The van der Waals surface area contributed by atoms with Crippen LogP contribution in [0.5, 0.6) is 0 Å². The van der Waals surface area contributed by atoms with Crippen molar-refractivity contribution in [2.75, 3.05) is 0 Å². The summed E-state index contributed by atoms with van der Waals surface area (Å²) in [4.78, 5) is 16.4. The third-order valence-corrected chi connectivity index (χ3v) is 13.2. The summed E-state index contributed by atoms with van der Waals surface area (Å²) in [6.07, 6.45) is 0. The van der Waals surface area contributed by atoms with Crippen LogP contribution < -0.4 is 0 Å². The zero-order valence-corrected chi connectivity index (χ0v) is 34.9. The Bertz CT molecular complexity index is 4180. The van der Waals surface area contributed by atoms with Crippen molar-refractivity contribution in [2.45, 2.75) is 0 Å². The van der Waals surface area contributed by atoms with Crippen molar-refractivity contribution in [1.82, 2.24) is 24.1 Å². The van der Waals surface area contributed by atoms with Crippen LogP contribution in [0.3, 0.4) is 0 Å². The van der Waals surface area contributed by atoms with Crippen molar-refractivity contribution in [2.24, 2.45) is 0 Å². The Labute approximate surface area is 371 Å². The van der Waals surface area contributed by atoms with Gasteiger partial charge in [0.15, 0.2) is 11.6 Å². The maximum atomic E-state index is 7.14. The molecule has 0 bridgehead atoms. The molecular formula is C59H35N5O. The highest BCUT2D eigenvalue weighted by Gasteiger charge is 2.26. The van der Waals surface area contributed by atoms with Gasteiger partial charge in [0.05, 0.1) is 33.3 Å². The van der Waals surface area contributed by atoms with E-state index >= 15 is 0 Å². The molecule has 0 aliphatic rings. The molecule has 0 saturated carbocycles. The average Bonchev–Trinajstić information content (AvgIpc) is 4.03. The van der Waals surface area contributed by atoms with E-state index in [1.165, 1.54) is 10.8 Å². The maximum Gasteiger partial charge on any atom is 0.238 e. The average molecular weight is 830 g/mol. The van der Waals surface area contributed by atoms with Gasteiger partial charge in [-0.2, -0.15) is 9.97 Å². The van der Waals surface area contributed by atoms with Gasteiger partial charge in [0.2, 0.25) is 5.95 Å². The van der Waals surface area contributed by atoms with Crippen LogP contribution in [-0.4, -0.2) is 24.1 Å². The maximum absolute atomic E-state index is 7.14. The molecule has 14 aromatic rings. The van der Waals surface area contributed by atoms with Crippen LogP contribution in [0.15, 0.2) is 217 Å². The van der Waals surface area contributed by atoms with Crippen LogP contribution in [0, 0.1) is 0 Å². The predicted octanol–water partition coefficient (Wildman–Crippen LogP) is 15.3. The van der Waals surface area contributed by atoms with Crippen molar-refractivity contribution in [3.63, 3.8) is 0 Å². The molecule has 14 rings (SSSR count). The molecular weight excluding hydrogens is 795 g/mol. The molecule has 6 heteroatoms. The number of aromatic nitrogens is 5. The number of rotatable bonds is 5. The van der Waals surface area contributed by atoms with Crippen molar-refractivity contribution in [1.29, 1.82) is 0 Å². The van der Waals surface area contributed by atoms with Gasteiger partial charge in [-0.15, -0.1) is 0 Å². The summed E-state index contributed by atoms with van der Waals surface area (Å²) in [6, 6.07) is 75.0. The summed E-state index contributed by atoms with van der Waals surface area (Å²) in [5, 5.41) is 11.3. The standard InChI is InChI=1S/C59H35N5O/c1-2-14-36(15-3-1)37-26-28-39(29-27-37)57-60-58(62-59(61-57)64-49-24-12-8-20-43(49)44-21-9-13-25-50(44)64)55-51(32-31-46-54-42-19-7-6-16-38(42)30-33-53(54)65-56(46)55)63-48-23-11-10-22-45(48)47-34-40-17-4-5-18-41(40)35-52(47)63/h1-35H. The molecule has 4 aromatic heterocycles. The Hall–Kier alpha value is -8.87. The van der Waals surface area contributed by atoms with E-state index in [9.17, 15) is 0 Å². The number of fused-ring (bicyclic) bond motifs is 12. The Balaban J connectivity index is 1.13. The van der Waals surface area contributed by atoms with Crippen LogP contribution in [0.4, 0.5) is 0 Å². The predicted molar refractivity (Wildman–Crippen MR) is 267 cm³/mol. The molecule has 0 N–H and O–H groups in total. The number of benzene rings is 10. The summed E-state index contributed by atoms with van der Waals surface area (Å²) in [6.45, 7) is 0. The molecule has 0 aliphatic heterocycles. The summed E-state index contributed by atoms with van der Waals surface area (Å²) in [5.41, 5.74) is 10.5. The number of hydrogen-bond donors (Lipinski definition) is 0. The van der Waals surface area contributed by atoms with Gasteiger partial charge in [-0.25, -0.2) is 4.98 Å². The lowest BCUT2D eigenvalue weighted by atomic mass is 10.0. The molecule has 65 heavy (non-hydrogen) atoms. The van der Waals surface area contributed by atoms with Crippen LogP contribution in [0.1, 0.15) is 0 Å². The minimum atomic E-state index is 0.509. The van der Waals surface area contributed by atoms with Crippen LogP contribution in [0.2, 0.25) is 0 Å². The Morgan fingerprint density at radius 2 is 0.892 bits per heavy atom. The van der Waals surface area contributed by atoms with Gasteiger partial charge in [-0.1, -0.05) is 164 Å². The highest BCUT2D eigenvalue weighted by atomic mass is 16.3. The van der Waals surface area contributed by atoms with E-state index in [4.69, 9.17) is 19.4 Å². The lowest BCUT2D eigenvalue weighted by Crippen LogP contribution is -2.08. The third kappa shape index (κ3) is 5.38. The smallest absolute Gasteiger partial charge is 0.238 e. The zero-order valence-electron chi connectivity index (χ0n) is 34.9. The molecule has 0 unspecified atom stereocenters. The molecule has 302 valence electrons. The molecule has 6 nitrogen and oxygen atoms in total. The fourth-order valence-corrected chi connectivity index (χ4v) is 10.2. The van der Waals surface area contributed by atoms with Crippen LogP contribution >= 0.6 is 0 Å². The SMILES string of the molecule is c1ccc(-c2ccc(-c3nc(-c4c(-n5c6ccccc6c6cc7ccccc7cc65)ccc5c4oc4ccc6ccccc6c45)nc(-n4c5ccccc5c5ccccc54)n3)cc2)cc1. The molecule has 0 radical (unpaired) electrons. The third-order valence-electron chi connectivity index (χ3n) is 13.2. The monoisotopic (exact) mass is 829 g/mol. The highest BCUT2D eigenvalue weighted by Crippen LogP contribution is 2.45. The lowest BCUT2D eigenvalue weighted by Gasteiger charge is -2.16. The largest absolute Gasteiger partial charge is 0.455 e. The molecule has 0 aliphatic carbocycles. The number of para-hydroxylation sites is 3. The fourth-order valence-electron chi connectivity index (χ4n) is 10.2. The van der Waals surface area contributed by atoms with Crippen LogP contribution in [-0.2, 0) is 0 Å². The molecule has 0 atom stereocenters. The van der Waals surface area contributed by atoms with Gasteiger partial charge in [0.1, 0.15) is 11.2 Å². The van der Waals surface area contributed by atoms with Crippen molar-refractivity contribution >= 4 is 87.1 Å². The van der Waals surface area contributed by atoms with Crippen molar-refractivity contribution in [3.8, 4) is 45.5 Å². The molecule has 10 aromatic carbocycles. The van der Waals surface area contributed by atoms with Gasteiger partial charge >= 0.3 is 0 Å². The second kappa shape index (κ2) is 13.8. The first kappa shape index (κ1) is 35.7. The van der Waals surface area contributed by atoms with E-state index in [0.29, 0.717) is 23.2 Å². The minimum Gasteiger partial charge on any atom is -0.455 e. The van der Waals surface area contributed by atoms with E-state index in [1.54, 1.807) is 0 Å². The van der Waals surface area contributed by atoms with E-state index in [-0.39, 0.29) is 0 Å². The van der Waals surface area contributed by atoms with Crippen molar-refractivity contribution in [3.05, 3.63) is 212 Å². The first-order chi connectivity index (χ1) is 32.2. The summed E-state index contributed by atoms with van der Waals surface area (Å²) in [7, 11) is 0. The summed E-state index contributed by atoms with van der Waals surface area (Å²) in [5.74, 6) is 1.59. The van der Waals surface area contributed by atoms with E-state index in [2.05, 4.69) is 215 Å². The first-order valence-electron chi connectivity index (χ1n) is 21.9. The molecule has 0 saturated heterocycles. The van der Waals surface area contributed by atoms with E-state index < -0.39 is 0 Å². The Morgan fingerprint density at radius 3 is 1.62 bits per heavy atom. The lowest BCUT2D eigenvalue weighted by molar-refractivity contribution is 0.669. The van der Waals surface area contributed by atoms with Gasteiger partial charge < -0.3 is 8.98 Å². The van der Waals surface area contributed by atoms with Gasteiger partial charge in [-0.05, 0) is 81.2 Å². The summed E-state index contributed by atoms with van der Waals surface area (Å²) < 4.78 is 11.7. The topological polar surface area (TPSA) is 61.7 Å². The molecule has 0 fully saturated rings. The second-order valence-electron chi connectivity index (χ2n) is 16.8. The van der Waals surface area contributed by atoms with Gasteiger partial charge in [-0.3, -0.25) is 4.57 Å². The fraction of sp³-hybridized carbons (Fsp3) is 0. The molecule has 0 amide bonds. The minimum absolute atomic E-state index is 0.509. The second-order valence-corrected chi connectivity index (χ2v) is 16.8. The van der Waals surface area contributed by atoms with Crippen LogP contribution in [0.25, 0.3) is 133 Å². The normalized spacial score (nSPS) is 12.0. The van der Waals surface area contributed by atoms with Crippen molar-refractivity contribution < 1.29 is 4.42 Å².